The number of hydrogen-bond acceptors (Lipinski definition) is 0. The molecule has 0 aliphatic rings. The van der Waals surface area contributed by atoms with Crippen molar-refractivity contribution in [1.82, 2.24) is 0 Å². The molecular formula is C40H44Cl2SiZr-2. The van der Waals surface area contributed by atoms with Gasteiger partial charge in [0.1, 0.15) is 0 Å². The van der Waals surface area contributed by atoms with E-state index in [-0.39, 0.29) is 30.2 Å². The van der Waals surface area contributed by atoms with Crippen LogP contribution in [0.25, 0.3) is 43.8 Å². The fourth-order valence-corrected chi connectivity index (χ4v) is 5.42. The molecule has 0 heterocycles. The van der Waals surface area contributed by atoms with Gasteiger partial charge in [-0.15, -0.1) is 68.6 Å². The van der Waals surface area contributed by atoms with Crippen molar-refractivity contribution in [3.8, 4) is 22.3 Å². The molecule has 0 aromatic heterocycles. The molecule has 6 aromatic carbocycles. The summed E-state index contributed by atoms with van der Waals surface area (Å²) in [4.78, 5) is 0. The Morgan fingerprint density at radius 3 is 1.73 bits per heavy atom. The van der Waals surface area contributed by atoms with Gasteiger partial charge in [-0.1, -0.05) is 119 Å². The Hall–Kier alpha value is -2.22. The summed E-state index contributed by atoms with van der Waals surface area (Å²) < 4.78 is 0. The van der Waals surface area contributed by atoms with Crippen LogP contribution in [0, 0.1) is 12.8 Å². The number of benzene rings is 4. The van der Waals surface area contributed by atoms with E-state index >= 15 is 0 Å². The minimum absolute atomic E-state index is 0. The van der Waals surface area contributed by atoms with Crippen molar-refractivity contribution in [3.63, 3.8) is 0 Å². The molecule has 0 unspecified atom stereocenters. The van der Waals surface area contributed by atoms with E-state index in [2.05, 4.69) is 163 Å². The zero-order valence-corrected chi connectivity index (χ0v) is 32.1. The maximum Gasteiger partial charge on any atom is -0.0279 e. The second-order valence-corrected chi connectivity index (χ2v) is 21.6. The van der Waals surface area contributed by atoms with Crippen molar-refractivity contribution in [2.75, 3.05) is 0 Å². The Kier molecular flexibility index (Phi) is 15.6. The second-order valence-electron chi connectivity index (χ2n) is 12.2. The van der Waals surface area contributed by atoms with Crippen LogP contribution in [-0.2, 0) is 29.8 Å². The van der Waals surface area contributed by atoms with Crippen molar-refractivity contribution in [3.05, 3.63) is 132 Å². The van der Waals surface area contributed by atoms with Crippen molar-refractivity contribution in [1.29, 1.82) is 0 Å². The molecule has 0 bridgehead atoms. The summed E-state index contributed by atoms with van der Waals surface area (Å²) in [6, 6.07) is 41.7. The first-order valence-corrected chi connectivity index (χ1v) is 21.3. The standard InChI is InChI=1S/C20H21.C18H17.C2H6Si.2ClH.Zr/c1-14(2)11-16-12-19-15(3)9-10-18(20(19)13-16)17-7-5-4-6-8-17;1-13(2)16-11-15-9-6-10-17(18(15)12-16)14-7-4-3-5-8-14;1-3-2;;;/h4-10,12-14H,11H2,1-3H3;3-13H,1-2H3;1-2H3;2*1H;/q2*-1;;;;+2/p-2. The van der Waals surface area contributed by atoms with E-state index < -0.39 is 0 Å². The van der Waals surface area contributed by atoms with E-state index in [1.165, 1.54) is 60.5 Å². The smallest absolute Gasteiger partial charge is 0.0279 e. The first-order valence-electron chi connectivity index (χ1n) is 15.1. The number of fused-ring (bicyclic) bond motifs is 2. The topological polar surface area (TPSA) is 0 Å². The van der Waals surface area contributed by atoms with Crippen LogP contribution in [0.3, 0.4) is 0 Å². The third-order valence-electron chi connectivity index (χ3n) is 7.42. The van der Waals surface area contributed by atoms with Crippen molar-refractivity contribution >= 4 is 27.0 Å². The van der Waals surface area contributed by atoms with Gasteiger partial charge >= 0.3 is 41.9 Å². The van der Waals surface area contributed by atoms with E-state index in [0.29, 0.717) is 11.8 Å². The SMILES string of the molecule is CC(C)c1cc2c(-c3ccccc3)cccc2[cH-]1.C[Si](C)=[Zr+2].Cc1ccc(-c2ccccc2)c2cc(CC(C)C)[cH-]c12.[Cl-].[Cl-]. The van der Waals surface area contributed by atoms with E-state index in [9.17, 15) is 0 Å². The minimum atomic E-state index is 0. The van der Waals surface area contributed by atoms with Gasteiger partial charge in [0.2, 0.25) is 0 Å². The predicted octanol–water partition coefficient (Wildman–Crippen LogP) is 5.87. The molecule has 0 radical (unpaired) electrons. The normalized spacial score (nSPS) is 10.4. The Morgan fingerprint density at radius 2 is 1.20 bits per heavy atom. The van der Waals surface area contributed by atoms with Gasteiger partial charge in [0.05, 0.1) is 0 Å². The molecule has 0 aliphatic heterocycles. The molecule has 44 heavy (non-hydrogen) atoms. The zero-order valence-electron chi connectivity index (χ0n) is 27.1. The molecule has 6 aromatic rings. The van der Waals surface area contributed by atoms with E-state index in [4.69, 9.17) is 0 Å². The summed E-state index contributed by atoms with van der Waals surface area (Å²) in [5.74, 6) is 1.29. The molecule has 228 valence electrons. The van der Waals surface area contributed by atoms with Crippen LogP contribution in [0.15, 0.2) is 115 Å². The van der Waals surface area contributed by atoms with Gasteiger partial charge < -0.3 is 24.8 Å². The summed E-state index contributed by atoms with van der Waals surface area (Å²) in [7, 11) is 0. The van der Waals surface area contributed by atoms with Gasteiger partial charge in [-0.25, -0.2) is 0 Å². The third kappa shape index (κ3) is 10.1. The van der Waals surface area contributed by atoms with Crippen LogP contribution in [-0.4, -0.2) is 5.43 Å². The van der Waals surface area contributed by atoms with Crippen molar-refractivity contribution in [2.45, 2.75) is 60.1 Å². The minimum Gasteiger partial charge on any atom is -1.00 e. The predicted molar refractivity (Wildman–Crippen MR) is 185 cm³/mol. The molecule has 0 amide bonds. The second kappa shape index (κ2) is 18.1. The Labute approximate surface area is 293 Å². The molecule has 6 rings (SSSR count). The average Bonchev–Trinajstić information content (AvgIpc) is 3.59. The van der Waals surface area contributed by atoms with Gasteiger partial charge in [0, 0.05) is 0 Å². The number of halogens is 2. The fraction of sp³-hybridized carbons (Fsp3) is 0.250. The zero-order chi connectivity index (χ0) is 30.2. The Morgan fingerprint density at radius 1 is 0.659 bits per heavy atom. The first kappa shape index (κ1) is 38.0. The van der Waals surface area contributed by atoms with E-state index in [1.54, 1.807) is 23.3 Å². The number of aryl methyl sites for hydroxylation is 1. The van der Waals surface area contributed by atoms with Gasteiger partial charge in [-0.05, 0) is 29.4 Å². The van der Waals surface area contributed by atoms with Crippen molar-refractivity contribution < 1.29 is 48.1 Å². The van der Waals surface area contributed by atoms with Gasteiger partial charge in [-0.3, -0.25) is 0 Å². The Bertz CT molecular complexity index is 1740. The molecule has 4 heteroatoms. The molecule has 0 atom stereocenters. The summed E-state index contributed by atoms with van der Waals surface area (Å²) in [5, 5.41) is 5.52. The first-order chi connectivity index (χ1) is 20.1. The van der Waals surface area contributed by atoms with Crippen LogP contribution in [0.5, 0.6) is 0 Å². The molecule has 0 saturated heterocycles. The van der Waals surface area contributed by atoms with Crippen LogP contribution in [0.4, 0.5) is 0 Å². The third-order valence-corrected chi connectivity index (χ3v) is 7.42. The van der Waals surface area contributed by atoms with Gasteiger partial charge in [-0.2, -0.15) is 12.1 Å². The molecular weight excluding hydrogens is 671 g/mol. The van der Waals surface area contributed by atoms with Crippen LogP contribution in [0.2, 0.25) is 13.1 Å². The maximum absolute atomic E-state index is 2.38. The molecule has 0 spiro atoms. The van der Waals surface area contributed by atoms with Crippen LogP contribution < -0.4 is 24.8 Å². The quantitative estimate of drug-likeness (QED) is 0.155. The maximum atomic E-state index is 2.38. The summed E-state index contributed by atoms with van der Waals surface area (Å²) in [6.07, 6.45) is 1.16. The summed E-state index contributed by atoms with van der Waals surface area (Å²) in [5.41, 5.74) is 9.75. The molecule has 0 N–H and O–H groups in total. The van der Waals surface area contributed by atoms with Gasteiger partial charge in [0.15, 0.2) is 0 Å². The molecule has 0 aliphatic carbocycles. The average molecular weight is 715 g/mol. The number of rotatable bonds is 5. The van der Waals surface area contributed by atoms with E-state index in [0.717, 1.165) is 6.42 Å². The monoisotopic (exact) mass is 712 g/mol. The van der Waals surface area contributed by atoms with E-state index in [1.807, 2.05) is 0 Å². The van der Waals surface area contributed by atoms with Crippen molar-refractivity contribution in [2.24, 2.45) is 5.92 Å². The Balaban J connectivity index is 0.000000264. The largest absolute Gasteiger partial charge is 1.00 e. The number of hydrogen-bond donors (Lipinski definition) is 0. The summed E-state index contributed by atoms with van der Waals surface area (Å²) >= 11 is 1.74. The molecule has 0 saturated carbocycles. The van der Waals surface area contributed by atoms with Crippen LogP contribution >= 0.6 is 0 Å². The van der Waals surface area contributed by atoms with Crippen LogP contribution in [0.1, 0.15) is 50.3 Å². The van der Waals surface area contributed by atoms with Gasteiger partial charge in [0.25, 0.3) is 0 Å². The summed E-state index contributed by atoms with van der Waals surface area (Å²) in [6.45, 7) is 15.9. The molecule has 0 fully saturated rings. The molecule has 0 nitrogen and oxygen atoms in total. The fourth-order valence-electron chi connectivity index (χ4n) is 5.42.